The van der Waals surface area contributed by atoms with Crippen LogP contribution in [-0.4, -0.2) is 30.1 Å². The highest BCUT2D eigenvalue weighted by Gasteiger charge is 2.02. The van der Waals surface area contributed by atoms with Crippen molar-refractivity contribution in [3.05, 3.63) is 35.4 Å². The summed E-state index contributed by atoms with van der Waals surface area (Å²) < 4.78 is 0. The van der Waals surface area contributed by atoms with Gasteiger partial charge in [0.1, 0.15) is 0 Å². The molecule has 0 aliphatic carbocycles. The fourth-order valence-electron chi connectivity index (χ4n) is 1.35. The molecule has 5 nitrogen and oxygen atoms in total. The molecular weight excluding hydrogens is 220 g/mol. The summed E-state index contributed by atoms with van der Waals surface area (Å²) in [7, 11) is 0. The summed E-state index contributed by atoms with van der Waals surface area (Å²) in [4.78, 5) is 21.7. The van der Waals surface area contributed by atoms with Crippen LogP contribution < -0.4 is 10.6 Å². The van der Waals surface area contributed by atoms with Gasteiger partial charge in [0.25, 0.3) is 0 Å². The average molecular weight is 236 g/mol. The maximum absolute atomic E-state index is 11.1. The quantitative estimate of drug-likeness (QED) is 0.676. The van der Waals surface area contributed by atoms with Crippen molar-refractivity contribution in [1.82, 2.24) is 10.6 Å². The van der Waals surface area contributed by atoms with Crippen LogP contribution in [0.2, 0.25) is 0 Å². The van der Waals surface area contributed by atoms with Gasteiger partial charge in [-0.2, -0.15) is 0 Å². The molecule has 0 atom stereocenters. The summed E-state index contributed by atoms with van der Waals surface area (Å²) in [6.45, 7) is 3.28. The van der Waals surface area contributed by atoms with E-state index in [0.717, 1.165) is 5.56 Å². The van der Waals surface area contributed by atoms with Crippen LogP contribution in [0.25, 0.3) is 0 Å². The molecule has 0 spiro atoms. The van der Waals surface area contributed by atoms with Gasteiger partial charge in [0.15, 0.2) is 0 Å². The topological polar surface area (TPSA) is 78.4 Å². The first-order chi connectivity index (χ1) is 8.13. The molecule has 0 aliphatic rings. The lowest BCUT2D eigenvalue weighted by molar-refractivity contribution is -0.120. The van der Waals surface area contributed by atoms with Gasteiger partial charge in [-0.05, 0) is 24.6 Å². The van der Waals surface area contributed by atoms with E-state index in [1.165, 1.54) is 0 Å². The third-order valence-corrected chi connectivity index (χ3v) is 2.19. The Balaban J connectivity index is 2.37. The Labute approximate surface area is 99.8 Å². The minimum absolute atomic E-state index is 0.0466. The predicted molar refractivity (Wildman–Crippen MR) is 63.8 cm³/mol. The second-order valence-electron chi connectivity index (χ2n) is 3.56. The summed E-state index contributed by atoms with van der Waals surface area (Å²) in [5.74, 6) is -0.985. The van der Waals surface area contributed by atoms with Crippen molar-refractivity contribution in [3.63, 3.8) is 0 Å². The molecule has 0 aromatic heterocycles. The second-order valence-corrected chi connectivity index (χ2v) is 3.56. The fourth-order valence-corrected chi connectivity index (χ4v) is 1.35. The van der Waals surface area contributed by atoms with E-state index in [0.29, 0.717) is 13.1 Å². The number of likely N-dealkylation sites (N-methyl/N-ethyl adjacent to an activating group) is 1. The summed E-state index contributed by atoms with van der Waals surface area (Å²) in [6.07, 6.45) is 0. The maximum atomic E-state index is 11.1. The Morgan fingerprint density at radius 1 is 1.24 bits per heavy atom. The molecule has 1 aromatic carbocycles. The first kappa shape index (κ1) is 13.2. The molecule has 1 rings (SSSR count). The van der Waals surface area contributed by atoms with Gasteiger partial charge in [-0.25, -0.2) is 4.79 Å². The van der Waals surface area contributed by atoms with E-state index in [2.05, 4.69) is 10.6 Å². The van der Waals surface area contributed by atoms with Crippen molar-refractivity contribution < 1.29 is 14.7 Å². The van der Waals surface area contributed by atoms with Crippen molar-refractivity contribution in [3.8, 4) is 0 Å². The second kappa shape index (κ2) is 6.65. The SMILES string of the molecule is CCNC(=O)CNCc1ccc(C(=O)O)cc1. The van der Waals surface area contributed by atoms with Gasteiger partial charge >= 0.3 is 5.97 Å². The number of carboxylic acids is 1. The maximum Gasteiger partial charge on any atom is 0.335 e. The van der Waals surface area contributed by atoms with Gasteiger partial charge in [0.05, 0.1) is 12.1 Å². The molecule has 3 N–H and O–H groups in total. The molecule has 1 amide bonds. The number of nitrogens with one attached hydrogen (secondary N) is 2. The van der Waals surface area contributed by atoms with Crippen molar-refractivity contribution in [1.29, 1.82) is 0 Å². The Hall–Kier alpha value is -1.88. The Kier molecular flexibility index (Phi) is 5.16. The van der Waals surface area contributed by atoms with Gasteiger partial charge < -0.3 is 15.7 Å². The lowest BCUT2D eigenvalue weighted by Crippen LogP contribution is -2.33. The summed E-state index contributed by atoms with van der Waals surface area (Å²) in [6, 6.07) is 6.55. The zero-order valence-corrected chi connectivity index (χ0v) is 9.69. The molecule has 17 heavy (non-hydrogen) atoms. The van der Waals surface area contributed by atoms with E-state index in [1.54, 1.807) is 24.3 Å². The number of benzene rings is 1. The van der Waals surface area contributed by atoms with Gasteiger partial charge in [-0.1, -0.05) is 12.1 Å². The molecule has 92 valence electrons. The van der Waals surface area contributed by atoms with Crippen LogP contribution in [0.5, 0.6) is 0 Å². The molecule has 1 aromatic rings. The minimum atomic E-state index is -0.938. The molecule has 0 bridgehead atoms. The molecule has 0 unspecified atom stereocenters. The molecular formula is C12H16N2O3. The largest absolute Gasteiger partial charge is 0.478 e. The molecule has 0 saturated heterocycles. The van der Waals surface area contributed by atoms with Crippen molar-refractivity contribution in [2.75, 3.05) is 13.1 Å². The highest BCUT2D eigenvalue weighted by atomic mass is 16.4. The monoisotopic (exact) mass is 236 g/mol. The lowest BCUT2D eigenvalue weighted by Gasteiger charge is -2.05. The number of aromatic carboxylic acids is 1. The normalized spacial score (nSPS) is 9.94. The van der Waals surface area contributed by atoms with Crippen LogP contribution in [-0.2, 0) is 11.3 Å². The van der Waals surface area contributed by atoms with Crippen LogP contribution in [0.3, 0.4) is 0 Å². The molecule has 0 heterocycles. The van der Waals surface area contributed by atoms with Crippen LogP contribution >= 0.6 is 0 Å². The fraction of sp³-hybridized carbons (Fsp3) is 0.333. The highest BCUT2D eigenvalue weighted by molar-refractivity contribution is 5.87. The summed E-state index contributed by atoms with van der Waals surface area (Å²) >= 11 is 0. The van der Waals surface area contributed by atoms with Crippen LogP contribution in [0, 0.1) is 0 Å². The summed E-state index contributed by atoms with van der Waals surface area (Å²) in [5.41, 5.74) is 1.21. The average Bonchev–Trinajstić information content (AvgIpc) is 2.30. The standard InChI is InChI=1S/C12H16N2O3/c1-2-14-11(15)8-13-7-9-3-5-10(6-4-9)12(16)17/h3-6,13H,2,7-8H2,1H3,(H,14,15)(H,16,17). The molecule has 0 fully saturated rings. The van der Waals surface area contributed by atoms with Crippen molar-refractivity contribution >= 4 is 11.9 Å². The number of carbonyl (C=O) groups is 2. The Morgan fingerprint density at radius 3 is 2.41 bits per heavy atom. The lowest BCUT2D eigenvalue weighted by atomic mass is 10.1. The predicted octanol–water partition coefficient (Wildman–Crippen LogP) is 0.610. The number of carboxylic acid groups (broad SMARTS) is 1. The Morgan fingerprint density at radius 2 is 1.88 bits per heavy atom. The van der Waals surface area contributed by atoms with Crippen LogP contribution in [0.4, 0.5) is 0 Å². The first-order valence-corrected chi connectivity index (χ1v) is 5.43. The minimum Gasteiger partial charge on any atom is -0.478 e. The number of amides is 1. The highest BCUT2D eigenvalue weighted by Crippen LogP contribution is 2.03. The molecule has 0 saturated carbocycles. The van der Waals surface area contributed by atoms with E-state index in [9.17, 15) is 9.59 Å². The van der Waals surface area contributed by atoms with Gasteiger partial charge in [-0.3, -0.25) is 4.79 Å². The van der Waals surface area contributed by atoms with Gasteiger partial charge in [0.2, 0.25) is 5.91 Å². The number of carbonyl (C=O) groups excluding carboxylic acids is 1. The zero-order valence-electron chi connectivity index (χ0n) is 9.69. The number of hydrogen-bond donors (Lipinski definition) is 3. The molecule has 5 heteroatoms. The third kappa shape index (κ3) is 4.65. The van der Waals surface area contributed by atoms with Gasteiger partial charge in [0, 0.05) is 13.1 Å². The third-order valence-electron chi connectivity index (χ3n) is 2.19. The molecule has 0 aliphatic heterocycles. The van der Waals surface area contributed by atoms with Crippen molar-refractivity contribution in [2.45, 2.75) is 13.5 Å². The van der Waals surface area contributed by atoms with E-state index >= 15 is 0 Å². The van der Waals surface area contributed by atoms with Crippen molar-refractivity contribution in [2.24, 2.45) is 0 Å². The zero-order chi connectivity index (χ0) is 12.7. The van der Waals surface area contributed by atoms with E-state index in [1.807, 2.05) is 6.92 Å². The van der Waals surface area contributed by atoms with E-state index in [4.69, 9.17) is 5.11 Å². The summed E-state index contributed by atoms with van der Waals surface area (Å²) in [5, 5.41) is 14.4. The molecule has 0 radical (unpaired) electrons. The first-order valence-electron chi connectivity index (χ1n) is 5.43. The van der Waals surface area contributed by atoms with Gasteiger partial charge in [-0.15, -0.1) is 0 Å². The smallest absolute Gasteiger partial charge is 0.335 e. The van der Waals surface area contributed by atoms with Crippen LogP contribution in [0.1, 0.15) is 22.8 Å². The van der Waals surface area contributed by atoms with Crippen LogP contribution in [0.15, 0.2) is 24.3 Å². The Bertz CT molecular complexity index is 387. The van der Waals surface area contributed by atoms with E-state index in [-0.39, 0.29) is 18.0 Å². The van der Waals surface area contributed by atoms with E-state index < -0.39 is 5.97 Å². The number of hydrogen-bond acceptors (Lipinski definition) is 3. The number of rotatable bonds is 6.